The van der Waals surface area contributed by atoms with E-state index in [1.807, 2.05) is 0 Å². The third-order valence-electron chi connectivity index (χ3n) is 5.53. The number of nitrogens with zero attached hydrogens (tertiary/aromatic N) is 2. The summed E-state index contributed by atoms with van der Waals surface area (Å²) in [6.07, 6.45) is 11.1. The third kappa shape index (κ3) is 5.00. The van der Waals surface area contributed by atoms with Gasteiger partial charge in [0.1, 0.15) is 0 Å². The van der Waals surface area contributed by atoms with Crippen LogP contribution < -0.4 is 0 Å². The molecule has 3 nitrogen and oxygen atoms in total. The number of hydrogen-bond acceptors (Lipinski definition) is 1. The highest BCUT2D eigenvalue weighted by Gasteiger charge is 2.25. The molecular weight excluding hydrogens is 320 g/mol. The van der Waals surface area contributed by atoms with Crippen LogP contribution in [0, 0.1) is 0 Å². The second-order valence-corrected chi connectivity index (χ2v) is 7.53. The first-order valence-corrected chi connectivity index (χ1v) is 10.3. The predicted octanol–water partition coefficient (Wildman–Crippen LogP) is 5.39. The van der Waals surface area contributed by atoms with Gasteiger partial charge in [-0.3, -0.25) is 4.79 Å². The lowest BCUT2D eigenvalue weighted by Gasteiger charge is -2.35. The second-order valence-electron chi connectivity index (χ2n) is 7.53. The Morgan fingerprint density at radius 3 is 2.58 bits per heavy atom. The molecule has 3 rings (SSSR count). The summed E-state index contributed by atoms with van der Waals surface area (Å²) < 4.78 is 2.29. The lowest BCUT2D eigenvalue weighted by atomic mass is 9.93. The van der Waals surface area contributed by atoms with Crippen LogP contribution in [0.15, 0.2) is 48.7 Å². The quantitative estimate of drug-likeness (QED) is 0.625. The molecule has 0 atom stereocenters. The fourth-order valence-electron chi connectivity index (χ4n) is 3.99. The molecule has 0 unspecified atom stereocenters. The Bertz CT molecular complexity index is 671. The summed E-state index contributed by atoms with van der Waals surface area (Å²) in [5.41, 5.74) is 2.54. The lowest BCUT2D eigenvalue weighted by Crippen LogP contribution is -2.41. The molecule has 1 amide bonds. The molecule has 0 spiro atoms. The van der Waals surface area contributed by atoms with Crippen molar-refractivity contribution in [2.75, 3.05) is 0 Å². The molecule has 1 aromatic heterocycles. The zero-order valence-corrected chi connectivity index (χ0v) is 16.1. The van der Waals surface area contributed by atoms with Crippen LogP contribution in [0.2, 0.25) is 0 Å². The Labute approximate surface area is 158 Å². The van der Waals surface area contributed by atoms with Gasteiger partial charge in [-0.1, -0.05) is 62.9 Å². The van der Waals surface area contributed by atoms with Gasteiger partial charge in [-0.05, 0) is 37.0 Å². The standard InChI is InChI=1S/C23H32N2O/c1-2-3-16-23(26)25(21-13-8-5-9-14-21)19-22-15-10-17-24(22)18-20-11-6-4-7-12-20/h4,6-7,10-12,15,17,21H,2-3,5,8-9,13-14,16,18-19H2,1H3. The Kier molecular flexibility index (Phi) is 6.93. The highest BCUT2D eigenvalue weighted by Crippen LogP contribution is 2.25. The van der Waals surface area contributed by atoms with Gasteiger partial charge in [0, 0.05) is 30.9 Å². The lowest BCUT2D eigenvalue weighted by molar-refractivity contribution is -0.135. The van der Waals surface area contributed by atoms with Crippen LogP contribution in [0.25, 0.3) is 0 Å². The molecule has 0 bridgehead atoms. The zero-order valence-electron chi connectivity index (χ0n) is 16.1. The number of aromatic nitrogens is 1. The van der Waals surface area contributed by atoms with Gasteiger partial charge < -0.3 is 9.47 Å². The number of benzene rings is 1. The molecular formula is C23H32N2O. The normalized spacial score (nSPS) is 15.1. The first-order chi connectivity index (χ1) is 12.8. The van der Waals surface area contributed by atoms with E-state index in [4.69, 9.17) is 0 Å². The van der Waals surface area contributed by atoms with Crippen LogP contribution in [0.4, 0.5) is 0 Å². The van der Waals surface area contributed by atoms with E-state index in [-0.39, 0.29) is 0 Å². The van der Waals surface area contributed by atoms with Crippen LogP contribution >= 0.6 is 0 Å². The summed E-state index contributed by atoms with van der Waals surface area (Å²) >= 11 is 0. The minimum absolute atomic E-state index is 0.339. The van der Waals surface area contributed by atoms with Crippen molar-refractivity contribution in [1.82, 2.24) is 9.47 Å². The van der Waals surface area contributed by atoms with Crippen molar-refractivity contribution in [3.05, 3.63) is 59.9 Å². The maximum atomic E-state index is 12.9. The summed E-state index contributed by atoms with van der Waals surface area (Å²) in [6.45, 7) is 3.76. The summed E-state index contributed by atoms with van der Waals surface area (Å²) in [6, 6.07) is 15.2. The number of unbranched alkanes of at least 4 members (excludes halogenated alkanes) is 1. The van der Waals surface area contributed by atoms with Gasteiger partial charge >= 0.3 is 0 Å². The molecule has 140 valence electrons. The summed E-state index contributed by atoms with van der Waals surface area (Å²) in [5, 5.41) is 0. The van der Waals surface area contributed by atoms with Crippen molar-refractivity contribution in [3.63, 3.8) is 0 Å². The molecule has 0 radical (unpaired) electrons. The summed E-state index contributed by atoms with van der Waals surface area (Å²) in [4.78, 5) is 15.1. The Hall–Kier alpha value is -2.03. The van der Waals surface area contributed by atoms with Gasteiger partial charge in [-0.15, -0.1) is 0 Å². The van der Waals surface area contributed by atoms with E-state index in [0.29, 0.717) is 18.4 Å². The van der Waals surface area contributed by atoms with Gasteiger partial charge in [0.25, 0.3) is 0 Å². The fraction of sp³-hybridized carbons (Fsp3) is 0.522. The average molecular weight is 353 g/mol. The van der Waals surface area contributed by atoms with Gasteiger partial charge in [-0.2, -0.15) is 0 Å². The molecule has 1 aliphatic rings. The highest BCUT2D eigenvalue weighted by atomic mass is 16.2. The Morgan fingerprint density at radius 1 is 1.08 bits per heavy atom. The highest BCUT2D eigenvalue weighted by molar-refractivity contribution is 5.76. The van der Waals surface area contributed by atoms with Crippen molar-refractivity contribution >= 4 is 5.91 Å². The fourth-order valence-corrected chi connectivity index (χ4v) is 3.99. The van der Waals surface area contributed by atoms with E-state index in [9.17, 15) is 4.79 Å². The van der Waals surface area contributed by atoms with Crippen LogP contribution in [-0.2, 0) is 17.9 Å². The van der Waals surface area contributed by atoms with Crippen molar-refractivity contribution in [3.8, 4) is 0 Å². The van der Waals surface area contributed by atoms with E-state index < -0.39 is 0 Å². The van der Waals surface area contributed by atoms with Crippen molar-refractivity contribution < 1.29 is 4.79 Å². The zero-order chi connectivity index (χ0) is 18.2. The monoisotopic (exact) mass is 352 g/mol. The number of carbonyl (C=O) groups is 1. The Balaban J connectivity index is 1.74. The van der Waals surface area contributed by atoms with E-state index >= 15 is 0 Å². The molecule has 1 aromatic carbocycles. The SMILES string of the molecule is CCCCC(=O)N(Cc1cccn1Cc1ccccc1)C1CCCCC1. The second kappa shape index (κ2) is 9.61. The first kappa shape index (κ1) is 18.8. The molecule has 2 aromatic rings. The van der Waals surface area contributed by atoms with Crippen LogP contribution in [0.1, 0.15) is 69.5 Å². The molecule has 1 fully saturated rings. The number of hydrogen-bond donors (Lipinski definition) is 0. The first-order valence-electron chi connectivity index (χ1n) is 10.3. The number of rotatable bonds is 8. The maximum Gasteiger partial charge on any atom is 0.223 e. The number of carbonyl (C=O) groups excluding carboxylic acids is 1. The van der Waals surface area contributed by atoms with E-state index in [2.05, 4.69) is 65.1 Å². The predicted molar refractivity (Wildman–Crippen MR) is 107 cm³/mol. The topological polar surface area (TPSA) is 25.2 Å². The van der Waals surface area contributed by atoms with E-state index in [1.165, 1.54) is 30.5 Å². The van der Waals surface area contributed by atoms with Crippen molar-refractivity contribution in [2.24, 2.45) is 0 Å². The Morgan fingerprint density at radius 2 is 1.85 bits per heavy atom. The van der Waals surface area contributed by atoms with Crippen LogP contribution in [0.5, 0.6) is 0 Å². The minimum atomic E-state index is 0.339. The van der Waals surface area contributed by atoms with Crippen molar-refractivity contribution in [2.45, 2.75) is 77.4 Å². The molecule has 0 N–H and O–H groups in total. The third-order valence-corrected chi connectivity index (χ3v) is 5.53. The van der Waals surface area contributed by atoms with Crippen LogP contribution in [0.3, 0.4) is 0 Å². The van der Waals surface area contributed by atoms with Crippen LogP contribution in [-0.4, -0.2) is 21.4 Å². The summed E-state index contributed by atoms with van der Waals surface area (Å²) in [7, 11) is 0. The van der Waals surface area contributed by atoms with E-state index in [0.717, 1.165) is 38.8 Å². The van der Waals surface area contributed by atoms with Crippen molar-refractivity contribution in [1.29, 1.82) is 0 Å². The summed E-state index contributed by atoms with van der Waals surface area (Å²) in [5.74, 6) is 0.339. The van der Waals surface area contributed by atoms with Gasteiger partial charge in [0.15, 0.2) is 0 Å². The number of amides is 1. The maximum absolute atomic E-state index is 12.9. The minimum Gasteiger partial charge on any atom is -0.345 e. The molecule has 0 aliphatic heterocycles. The molecule has 1 aliphatic carbocycles. The average Bonchev–Trinajstić information content (AvgIpc) is 3.12. The van der Waals surface area contributed by atoms with E-state index in [1.54, 1.807) is 0 Å². The van der Waals surface area contributed by atoms with Gasteiger partial charge in [0.05, 0.1) is 6.54 Å². The molecule has 1 heterocycles. The van der Waals surface area contributed by atoms with Gasteiger partial charge in [-0.25, -0.2) is 0 Å². The van der Waals surface area contributed by atoms with Gasteiger partial charge in [0.2, 0.25) is 5.91 Å². The molecule has 26 heavy (non-hydrogen) atoms. The molecule has 1 saturated carbocycles. The molecule has 3 heteroatoms. The molecule has 0 saturated heterocycles. The smallest absolute Gasteiger partial charge is 0.223 e. The largest absolute Gasteiger partial charge is 0.345 e.